The van der Waals surface area contributed by atoms with Gasteiger partial charge in [-0.05, 0) is 28.7 Å². The number of nitrogens with one attached hydrogen (secondary N) is 2. The van der Waals surface area contributed by atoms with E-state index in [0.717, 1.165) is 77.9 Å². The third kappa shape index (κ3) is 3.92. The van der Waals surface area contributed by atoms with E-state index in [1.54, 1.807) is 0 Å². The van der Waals surface area contributed by atoms with Crippen LogP contribution in [0.15, 0.2) is 48.7 Å². The van der Waals surface area contributed by atoms with E-state index in [9.17, 15) is 4.79 Å². The molecule has 4 aromatic rings. The maximum atomic E-state index is 12.4. The second-order valence-electron chi connectivity index (χ2n) is 8.76. The molecule has 6 rings (SSSR count). The minimum atomic E-state index is -0.0160. The Bertz CT molecular complexity index is 1380. The van der Waals surface area contributed by atoms with Crippen molar-refractivity contribution in [3.8, 4) is 0 Å². The zero-order valence-electron chi connectivity index (χ0n) is 18.4. The van der Waals surface area contributed by atoms with Crippen molar-refractivity contribution in [3.63, 3.8) is 0 Å². The molecule has 1 fully saturated rings. The first kappa shape index (κ1) is 20.1. The Morgan fingerprint density at radius 1 is 1.06 bits per heavy atom. The van der Waals surface area contributed by atoms with Crippen LogP contribution < -0.4 is 5.32 Å². The van der Waals surface area contributed by atoms with Crippen LogP contribution >= 0.6 is 0 Å². The summed E-state index contributed by atoms with van der Waals surface area (Å²) in [5.41, 5.74) is 6.03. The minimum Gasteiger partial charge on any atom is -0.379 e. The highest BCUT2D eigenvalue weighted by atomic mass is 16.5. The van der Waals surface area contributed by atoms with E-state index in [1.807, 2.05) is 12.3 Å². The van der Waals surface area contributed by atoms with Gasteiger partial charge in [0.2, 0.25) is 0 Å². The molecule has 33 heavy (non-hydrogen) atoms. The van der Waals surface area contributed by atoms with Gasteiger partial charge in [-0.15, -0.1) is 0 Å². The van der Waals surface area contributed by atoms with Crippen LogP contribution in [-0.2, 0) is 17.7 Å². The second-order valence-corrected chi connectivity index (χ2v) is 8.76. The van der Waals surface area contributed by atoms with Gasteiger partial charge in [0, 0.05) is 55.3 Å². The summed E-state index contributed by atoms with van der Waals surface area (Å²) in [4.78, 5) is 23.1. The molecular weight excluding hydrogens is 412 g/mol. The van der Waals surface area contributed by atoms with Crippen LogP contribution in [0.25, 0.3) is 33.8 Å². The predicted octanol–water partition coefficient (Wildman–Crippen LogP) is 4.00. The first-order chi connectivity index (χ1) is 16.2. The molecule has 2 aromatic carbocycles. The van der Waals surface area contributed by atoms with Gasteiger partial charge in [0.15, 0.2) is 0 Å². The molecule has 6 nitrogen and oxygen atoms in total. The van der Waals surface area contributed by atoms with Crippen LogP contribution in [0.4, 0.5) is 0 Å². The molecular formula is C27H26N4O2. The van der Waals surface area contributed by atoms with Gasteiger partial charge in [0.25, 0.3) is 5.91 Å². The summed E-state index contributed by atoms with van der Waals surface area (Å²) in [5, 5.41) is 6.03. The van der Waals surface area contributed by atoms with Crippen molar-refractivity contribution < 1.29 is 9.53 Å². The number of benzene rings is 2. The van der Waals surface area contributed by atoms with E-state index >= 15 is 0 Å². The average molecular weight is 439 g/mol. The second kappa shape index (κ2) is 8.46. The Morgan fingerprint density at radius 2 is 1.97 bits per heavy atom. The Kier molecular flexibility index (Phi) is 5.17. The van der Waals surface area contributed by atoms with Gasteiger partial charge in [-0.1, -0.05) is 42.5 Å². The van der Waals surface area contributed by atoms with Crippen LogP contribution in [0.1, 0.15) is 32.9 Å². The molecule has 0 atom stereocenters. The minimum absolute atomic E-state index is 0.0160. The maximum absolute atomic E-state index is 12.4. The van der Waals surface area contributed by atoms with Crippen LogP contribution in [0.5, 0.6) is 0 Å². The number of nitrogens with zero attached hydrogens (tertiary/aromatic N) is 2. The van der Waals surface area contributed by atoms with Crippen molar-refractivity contribution in [2.45, 2.75) is 13.0 Å². The lowest BCUT2D eigenvalue weighted by Crippen LogP contribution is -2.35. The summed E-state index contributed by atoms with van der Waals surface area (Å²) >= 11 is 0. The Labute approximate surface area is 192 Å². The lowest BCUT2D eigenvalue weighted by atomic mass is 10.0. The standard InChI is InChI=1S/C27H26N4O2/c32-27-25-22-7-5-20-16-29-21(15-23(20)26(22)30-24(25)8-9-28-27)6-4-18-2-1-3-19(14-18)17-31-10-12-33-13-11-31/h1-7,14-16,29H,8-13,17H2,(H,28,32). The lowest BCUT2D eigenvalue weighted by molar-refractivity contribution is 0.0342. The van der Waals surface area contributed by atoms with Gasteiger partial charge in [0.05, 0.1) is 30.0 Å². The number of hydrogen-bond donors (Lipinski definition) is 2. The lowest BCUT2D eigenvalue weighted by Gasteiger charge is -2.26. The number of carbonyl (C=O) groups is 1. The SMILES string of the molecule is O=C1NCCc2nc3c(ccc4c[nH]c(C=Cc5cccc(CN6CCOCC6)c5)cc43)c21. The molecule has 1 amide bonds. The van der Waals surface area contributed by atoms with E-state index in [1.165, 1.54) is 11.1 Å². The number of fused-ring (bicyclic) bond motifs is 5. The molecule has 0 unspecified atom stereocenters. The zero-order chi connectivity index (χ0) is 22.2. The maximum Gasteiger partial charge on any atom is 0.253 e. The molecule has 0 radical (unpaired) electrons. The average Bonchev–Trinajstić information content (AvgIpc) is 3.24. The van der Waals surface area contributed by atoms with Crippen molar-refractivity contribution in [3.05, 3.63) is 76.7 Å². The molecule has 0 saturated carbocycles. The molecule has 0 bridgehead atoms. The third-order valence-corrected chi connectivity index (χ3v) is 6.54. The number of aromatic amines is 1. The van der Waals surface area contributed by atoms with Gasteiger partial charge in [-0.2, -0.15) is 0 Å². The van der Waals surface area contributed by atoms with Crippen LogP contribution in [-0.4, -0.2) is 53.6 Å². The summed E-state index contributed by atoms with van der Waals surface area (Å²) in [6.07, 6.45) is 7.03. The largest absolute Gasteiger partial charge is 0.379 e. The van der Waals surface area contributed by atoms with E-state index in [-0.39, 0.29) is 5.91 Å². The van der Waals surface area contributed by atoms with Crippen molar-refractivity contribution in [2.75, 3.05) is 32.8 Å². The fraction of sp³-hybridized carbons (Fsp3) is 0.259. The number of rotatable bonds is 4. The smallest absolute Gasteiger partial charge is 0.253 e. The molecule has 2 aromatic heterocycles. The Hall–Kier alpha value is -3.48. The molecule has 0 aliphatic carbocycles. The van der Waals surface area contributed by atoms with Crippen molar-refractivity contribution in [2.24, 2.45) is 0 Å². The van der Waals surface area contributed by atoms with E-state index in [2.05, 4.69) is 63.8 Å². The first-order valence-corrected chi connectivity index (χ1v) is 11.5. The van der Waals surface area contributed by atoms with Gasteiger partial charge >= 0.3 is 0 Å². The Morgan fingerprint density at radius 3 is 2.88 bits per heavy atom. The van der Waals surface area contributed by atoms with Crippen molar-refractivity contribution in [1.29, 1.82) is 0 Å². The number of pyridine rings is 1. The predicted molar refractivity (Wildman–Crippen MR) is 131 cm³/mol. The van der Waals surface area contributed by atoms with Gasteiger partial charge in [0.1, 0.15) is 0 Å². The highest BCUT2D eigenvalue weighted by Gasteiger charge is 2.23. The summed E-state index contributed by atoms with van der Waals surface area (Å²) in [5.74, 6) is -0.0160. The number of ether oxygens (including phenoxy) is 1. The van der Waals surface area contributed by atoms with Crippen molar-refractivity contribution >= 4 is 39.7 Å². The molecule has 2 aliphatic rings. The normalized spacial score (nSPS) is 17.0. The summed E-state index contributed by atoms with van der Waals surface area (Å²) in [7, 11) is 0. The highest BCUT2D eigenvalue weighted by molar-refractivity contribution is 6.15. The van der Waals surface area contributed by atoms with E-state index < -0.39 is 0 Å². The molecule has 0 spiro atoms. The van der Waals surface area contributed by atoms with Gasteiger partial charge < -0.3 is 15.0 Å². The van der Waals surface area contributed by atoms with E-state index in [0.29, 0.717) is 6.54 Å². The Balaban J connectivity index is 1.30. The third-order valence-electron chi connectivity index (χ3n) is 6.54. The van der Waals surface area contributed by atoms with Gasteiger partial charge in [-0.25, -0.2) is 0 Å². The fourth-order valence-electron chi connectivity index (χ4n) is 4.84. The topological polar surface area (TPSA) is 70.2 Å². The number of carbonyl (C=O) groups excluding carboxylic acids is 1. The molecule has 2 N–H and O–H groups in total. The molecule has 2 aliphatic heterocycles. The number of morpholine rings is 1. The molecule has 1 saturated heterocycles. The number of aromatic nitrogens is 2. The quantitative estimate of drug-likeness (QED) is 0.505. The summed E-state index contributed by atoms with van der Waals surface area (Å²) in [6.45, 7) is 5.21. The van der Waals surface area contributed by atoms with Crippen LogP contribution in [0.2, 0.25) is 0 Å². The molecule has 166 valence electrons. The number of H-pyrrole nitrogens is 1. The van der Waals surface area contributed by atoms with Crippen LogP contribution in [0, 0.1) is 0 Å². The molecule has 4 heterocycles. The van der Waals surface area contributed by atoms with Crippen molar-refractivity contribution in [1.82, 2.24) is 20.2 Å². The number of hydrogen-bond acceptors (Lipinski definition) is 4. The zero-order valence-corrected chi connectivity index (χ0v) is 18.4. The monoisotopic (exact) mass is 438 g/mol. The summed E-state index contributed by atoms with van der Waals surface area (Å²) in [6, 6.07) is 14.9. The first-order valence-electron chi connectivity index (χ1n) is 11.5. The van der Waals surface area contributed by atoms with E-state index in [4.69, 9.17) is 9.72 Å². The highest BCUT2D eigenvalue weighted by Crippen LogP contribution is 2.31. The fourth-order valence-corrected chi connectivity index (χ4v) is 4.84. The van der Waals surface area contributed by atoms with Crippen LogP contribution in [0.3, 0.4) is 0 Å². The number of amides is 1. The summed E-state index contributed by atoms with van der Waals surface area (Å²) < 4.78 is 5.45. The molecule has 6 heteroatoms. The van der Waals surface area contributed by atoms with Gasteiger partial charge in [-0.3, -0.25) is 14.7 Å².